The third-order valence-corrected chi connectivity index (χ3v) is 5.02. The molecule has 0 saturated carbocycles. The Hall–Kier alpha value is -2.02. The maximum absolute atomic E-state index is 12.1. The maximum atomic E-state index is 12.1. The minimum absolute atomic E-state index is 0.0968. The van der Waals surface area contributed by atoms with E-state index in [0.717, 1.165) is 22.9 Å². The number of aromatic amines is 1. The number of sulfonamides is 1. The Morgan fingerprint density at radius 1 is 1.33 bits per heavy atom. The van der Waals surface area contributed by atoms with Gasteiger partial charge in [-0.3, -0.25) is 4.72 Å². The highest BCUT2D eigenvalue weighted by molar-refractivity contribution is 7.92. The van der Waals surface area contributed by atoms with Crippen LogP contribution in [0.3, 0.4) is 0 Å². The molecule has 0 bridgehead atoms. The summed E-state index contributed by atoms with van der Waals surface area (Å²) in [5, 5.41) is 0.793. The Bertz CT molecular complexity index is 838. The van der Waals surface area contributed by atoms with Crippen LogP contribution in [0.25, 0.3) is 10.9 Å². The molecule has 0 atom stereocenters. The van der Waals surface area contributed by atoms with E-state index in [-0.39, 0.29) is 11.9 Å². The first-order valence-electron chi connectivity index (χ1n) is 8.07. The van der Waals surface area contributed by atoms with Gasteiger partial charge in [-0.05, 0) is 51.0 Å². The van der Waals surface area contributed by atoms with Gasteiger partial charge in [-0.2, -0.15) is 0 Å². The van der Waals surface area contributed by atoms with Gasteiger partial charge in [-0.1, -0.05) is 13.3 Å². The number of aromatic nitrogens is 1. The molecule has 2 aromatic rings. The lowest BCUT2D eigenvalue weighted by molar-refractivity contribution is 0.0371. The molecule has 24 heavy (non-hydrogen) atoms. The highest BCUT2D eigenvalue weighted by Crippen LogP contribution is 2.26. The van der Waals surface area contributed by atoms with Crippen LogP contribution < -0.4 is 4.72 Å². The molecule has 0 radical (unpaired) electrons. The van der Waals surface area contributed by atoms with Crippen LogP contribution in [0.2, 0.25) is 0 Å². The van der Waals surface area contributed by atoms with Crippen LogP contribution in [0, 0.1) is 6.92 Å². The smallest absolute Gasteiger partial charge is 0.355 e. The minimum Gasteiger partial charge on any atom is -0.458 e. The van der Waals surface area contributed by atoms with E-state index in [1.54, 1.807) is 32.0 Å². The van der Waals surface area contributed by atoms with Crippen LogP contribution in [0.4, 0.5) is 5.69 Å². The minimum atomic E-state index is -3.36. The summed E-state index contributed by atoms with van der Waals surface area (Å²) in [6.07, 6.45) is 1.23. The Morgan fingerprint density at radius 3 is 2.67 bits per heavy atom. The lowest BCUT2D eigenvalue weighted by Gasteiger charge is -2.08. The average molecular weight is 352 g/mol. The fourth-order valence-corrected chi connectivity index (χ4v) is 3.69. The van der Waals surface area contributed by atoms with E-state index in [4.69, 9.17) is 4.74 Å². The van der Waals surface area contributed by atoms with Gasteiger partial charge in [0.15, 0.2) is 0 Å². The lowest BCUT2D eigenvalue weighted by atomic mass is 10.1. The van der Waals surface area contributed by atoms with Crippen LogP contribution >= 0.6 is 0 Å². The second kappa shape index (κ2) is 7.25. The second-order valence-electron chi connectivity index (χ2n) is 6.11. The first-order chi connectivity index (χ1) is 11.2. The predicted octanol–water partition coefficient (Wildman–Crippen LogP) is 3.58. The molecule has 0 saturated heterocycles. The van der Waals surface area contributed by atoms with Gasteiger partial charge in [-0.25, -0.2) is 13.2 Å². The molecule has 0 aliphatic carbocycles. The molecular weight excluding hydrogens is 328 g/mol. The zero-order chi connectivity index (χ0) is 17.9. The van der Waals surface area contributed by atoms with Crippen LogP contribution in [0.5, 0.6) is 0 Å². The van der Waals surface area contributed by atoms with Gasteiger partial charge in [0.2, 0.25) is 10.0 Å². The number of hydrogen-bond acceptors (Lipinski definition) is 4. The van der Waals surface area contributed by atoms with Crippen molar-refractivity contribution in [2.24, 2.45) is 0 Å². The van der Waals surface area contributed by atoms with Crippen molar-refractivity contribution in [3.8, 4) is 0 Å². The van der Waals surface area contributed by atoms with Gasteiger partial charge in [-0.15, -0.1) is 0 Å². The SMILES string of the molecule is CCCCS(=O)(=O)Nc1ccc2[nH]c(C(=O)OC(C)C)c(C)c2c1. The number of rotatable bonds is 7. The van der Waals surface area contributed by atoms with E-state index in [1.807, 2.05) is 13.8 Å². The van der Waals surface area contributed by atoms with Crippen molar-refractivity contribution in [1.29, 1.82) is 0 Å². The van der Waals surface area contributed by atoms with Crippen LogP contribution in [0.15, 0.2) is 18.2 Å². The molecule has 6 nitrogen and oxygen atoms in total. The monoisotopic (exact) mass is 352 g/mol. The van der Waals surface area contributed by atoms with Gasteiger partial charge in [0.05, 0.1) is 11.9 Å². The molecule has 1 aromatic heterocycles. The molecule has 0 fully saturated rings. The number of anilines is 1. The molecule has 0 unspecified atom stereocenters. The summed E-state index contributed by atoms with van der Waals surface area (Å²) in [7, 11) is -3.36. The molecule has 1 aromatic carbocycles. The standard InChI is InChI=1S/C17H24N2O4S/c1-5-6-9-24(21,22)19-13-7-8-15-14(10-13)12(4)16(18-15)17(20)23-11(2)3/h7-8,10-11,18-19H,5-6,9H2,1-4H3. The number of unbranched alkanes of at least 4 members (excludes halogenated alkanes) is 1. The van der Waals surface area contributed by atoms with E-state index in [1.165, 1.54) is 0 Å². The van der Waals surface area contributed by atoms with Crippen LogP contribution in [-0.4, -0.2) is 31.2 Å². The van der Waals surface area contributed by atoms with Crippen molar-refractivity contribution in [2.45, 2.75) is 46.6 Å². The maximum Gasteiger partial charge on any atom is 0.355 e. The van der Waals surface area contributed by atoms with E-state index in [9.17, 15) is 13.2 Å². The molecule has 132 valence electrons. The van der Waals surface area contributed by atoms with Gasteiger partial charge >= 0.3 is 5.97 Å². The van der Waals surface area contributed by atoms with Gasteiger partial charge in [0, 0.05) is 16.6 Å². The highest BCUT2D eigenvalue weighted by atomic mass is 32.2. The second-order valence-corrected chi connectivity index (χ2v) is 7.96. The van der Waals surface area contributed by atoms with Crippen LogP contribution in [0.1, 0.15) is 49.7 Å². The number of hydrogen-bond donors (Lipinski definition) is 2. The summed E-state index contributed by atoms with van der Waals surface area (Å²) in [5.74, 6) is -0.316. The van der Waals surface area contributed by atoms with E-state index >= 15 is 0 Å². The summed E-state index contributed by atoms with van der Waals surface area (Å²) in [6.45, 7) is 7.34. The van der Waals surface area contributed by atoms with Gasteiger partial charge < -0.3 is 9.72 Å². The number of carbonyl (C=O) groups excluding carboxylic acids is 1. The van der Waals surface area contributed by atoms with Crippen molar-refractivity contribution < 1.29 is 17.9 Å². The van der Waals surface area contributed by atoms with Crippen molar-refractivity contribution in [2.75, 3.05) is 10.5 Å². The Morgan fingerprint density at radius 2 is 2.04 bits per heavy atom. The Kier molecular flexibility index (Phi) is 5.54. The number of aryl methyl sites for hydroxylation is 1. The summed E-state index contributed by atoms with van der Waals surface area (Å²) in [5.41, 5.74) is 2.39. The molecule has 0 aliphatic heterocycles. The first kappa shape index (κ1) is 18.3. The topological polar surface area (TPSA) is 88.3 Å². The molecule has 7 heteroatoms. The van der Waals surface area contributed by atoms with Crippen LogP contribution in [-0.2, 0) is 14.8 Å². The summed E-state index contributed by atoms with van der Waals surface area (Å²) >= 11 is 0. The van der Waals surface area contributed by atoms with E-state index in [2.05, 4.69) is 9.71 Å². The quantitative estimate of drug-likeness (QED) is 0.746. The molecule has 1 heterocycles. The fourth-order valence-electron chi connectivity index (χ4n) is 2.43. The van der Waals surface area contributed by atoms with Gasteiger partial charge in [0.1, 0.15) is 5.69 Å². The lowest BCUT2D eigenvalue weighted by Crippen LogP contribution is -2.16. The average Bonchev–Trinajstić information content (AvgIpc) is 2.81. The summed E-state index contributed by atoms with van der Waals surface area (Å²) in [4.78, 5) is 15.2. The number of fused-ring (bicyclic) bond motifs is 1. The number of esters is 1. The Balaban J connectivity index is 2.31. The predicted molar refractivity (Wildman–Crippen MR) is 95.9 cm³/mol. The zero-order valence-corrected chi connectivity index (χ0v) is 15.3. The number of benzene rings is 1. The number of H-pyrrole nitrogens is 1. The van der Waals surface area contributed by atoms with Crippen molar-refractivity contribution in [3.63, 3.8) is 0 Å². The number of carbonyl (C=O) groups is 1. The molecule has 0 spiro atoms. The van der Waals surface area contributed by atoms with Gasteiger partial charge in [0.25, 0.3) is 0 Å². The summed E-state index contributed by atoms with van der Waals surface area (Å²) in [6, 6.07) is 5.17. The molecular formula is C17H24N2O4S. The van der Waals surface area contributed by atoms with Crippen molar-refractivity contribution in [3.05, 3.63) is 29.5 Å². The van der Waals surface area contributed by atoms with E-state index in [0.29, 0.717) is 17.8 Å². The fraction of sp³-hybridized carbons (Fsp3) is 0.471. The van der Waals surface area contributed by atoms with Crippen molar-refractivity contribution in [1.82, 2.24) is 4.98 Å². The Labute approximate surface area is 142 Å². The molecule has 0 aliphatic rings. The normalized spacial score (nSPS) is 11.9. The first-order valence-corrected chi connectivity index (χ1v) is 9.72. The molecule has 2 N–H and O–H groups in total. The highest BCUT2D eigenvalue weighted by Gasteiger charge is 2.18. The van der Waals surface area contributed by atoms with Crippen molar-refractivity contribution >= 4 is 32.6 Å². The molecule has 2 rings (SSSR count). The number of nitrogens with one attached hydrogen (secondary N) is 2. The number of ether oxygens (including phenoxy) is 1. The largest absolute Gasteiger partial charge is 0.458 e. The zero-order valence-electron chi connectivity index (χ0n) is 14.5. The molecule has 0 amide bonds. The summed E-state index contributed by atoms with van der Waals surface area (Å²) < 4.78 is 31.8. The third kappa shape index (κ3) is 4.29. The third-order valence-electron chi connectivity index (χ3n) is 3.65. The van der Waals surface area contributed by atoms with E-state index < -0.39 is 16.0 Å².